The molecule has 1 aromatic heterocycles. The molecule has 0 bridgehead atoms. The average molecular weight is 266 g/mol. The molecule has 0 spiro atoms. The lowest BCUT2D eigenvalue weighted by Crippen LogP contribution is -2.38. The SMILES string of the molecule is C=C(C)C(=O)OCCNC(=O)NCCc1cnc[nH]1. The second-order valence-electron chi connectivity index (χ2n) is 3.93. The number of esters is 1. The molecule has 0 radical (unpaired) electrons. The van der Waals surface area contributed by atoms with E-state index in [0.29, 0.717) is 18.5 Å². The van der Waals surface area contributed by atoms with Crippen LogP contribution in [0.3, 0.4) is 0 Å². The predicted octanol–water partition coefficient (Wildman–Crippen LogP) is 0.371. The summed E-state index contributed by atoms with van der Waals surface area (Å²) in [5.74, 6) is -0.457. The van der Waals surface area contributed by atoms with Gasteiger partial charge in [-0.2, -0.15) is 0 Å². The zero-order valence-electron chi connectivity index (χ0n) is 10.9. The maximum absolute atomic E-state index is 11.3. The molecule has 7 heteroatoms. The van der Waals surface area contributed by atoms with Crippen molar-refractivity contribution in [1.82, 2.24) is 20.6 Å². The summed E-state index contributed by atoms with van der Waals surface area (Å²) in [6, 6.07) is -0.300. The first-order chi connectivity index (χ1) is 9.09. The van der Waals surface area contributed by atoms with Gasteiger partial charge in [0.25, 0.3) is 0 Å². The molecular weight excluding hydrogens is 248 g/mol. The lowest BCUT2D eigenvalue weighted by molar-refractivity contribution is -0.138. The lowest BCUT2D eigenvalue weighted by Gasteiger charge is -2.07. The standard InChI is InChI=1S/C12H18N4O3/c1-9(2)11(17)19-6-5-15-12(18)14-4-3-10-7-13-8-16-10/h7-8H,1,3-6H2,2H3,(H,13,16)(H2,14,15,18). The van der Waals surface area contributed by atoms with Gasteiger partial charge in [0.1, 0.15) is 6.61 Å². The van der Waals surface area contributed by atoms with Gasteiger partial charge in [-0.15, -0.1) is 0 Å². The number of carbonyl (C=O) groups is 2. The minimum absolute atomic E-state index is 0.125. The summed E-state index contributed by atoms with van der Waals surface area (Å²) in [5, 5.41) is 5.25. The van der Waals surface area contributed by atoms with Crippen LogP contribution in [0.2, 0.25) is 0 Å². The summed E-state index contributed by atoms with van der Waals surface area (Å²) in [5.41, 5.74) is 1.29. The zero-order chi connectivity index (χ0) is 14.1. The molecule has 0 aliphatic carbocycles. The number of ether oxygens (including phenoxy) is 1. The second kappa shape index (κ2) is 7.91. The highest BCUT2D eigenvalue weighted by atomic mass is 16.5. The first-order valence-corrected chi connectivity index (χ1v) is 5.91. The van der Waals surface area contributed by atoms with Crippen molar-refractivity contribution < 1.29 is 14.3 Å². The molecule has 1 rings (SSSR count). The van der Waals surface area contributed by atoms with Crippen molar-refractivity contribution in [2.24, 2.45) is 0 Å². The molecule has 2 amide bonds. The van der Waals surface area contributed by atoms with E-state index in [4.69, 9.17) is 4.74 Å². The molecule has 0 atom stereocenters. The van der Waals surface area contributed by atoms with Crippen LogP contribution in [-0.4, -0.2) is 41.7 Å². The Morgan fingerprint density at radius 1 is 1.42 bits per heavy atom. The third kappa shape index (κ3) is 6.25. The highest BCUT2D eigenvalue weighted by molar-refractivity contribution is 5.86. The smallest absolute Gasteiger partial charge is 0.333 e. The van der Waals surface area contributed by atoms with Gasteiger partial charge in [-0.05, 0) is 6.92 Å². The third-order valence-electron chi connectivity index (χ3n) is 2.20. The summed E-state index contributed by atoms with van der Waals surface area (Å²) in [6.45, 7) is 5.90. The molecule has 19 heavy (non-hydrogen) atoms. The highest BCUT2D eigenvalue weighted by Gasteiger charge is 2.03. The second-order valence-corrected chi connectivity index (χ2v) is 3.93. The highest BCUT2D eigenvalue weighted by Crippen LogP contribution is 1.91. The van der Waals surface area contributed by atoms with E-state index in [0.717, 1.165) is 5.69 Å². The molecule has 104 valence electrons. The summed E-state index contributed by atoms with van der Waals surface area (Å²) < 4.78 is 4.82. The number of aromatic amines is 1. The fourth-order valence-corrected chi connectivity index (χ4v) is 1.23. The van der Waals surface area contributed by atoms with Crippen LogP contribution < -0.4 is 10.6 Å². The van der Waals surface area contributed by atoms with E-state index < -0.39 is 5.97 Å². The number of hydrogen-bond acceptors (Lipinski definition) is 4. The first kappa shape index (κ1) is 14.7. The van der Waals surface area contributed by atoms with E-state index in [1.165, 1.54) is 0 Å². The average Bonchev–Trinajstić information content (AvgIpc) is 2.87. The van der Waals surface area contributed by atoms with E-state index in [9.17, 15) is 9.59 Å². The molecule has 3 N–H and O–H groups in total. The summed E-state index contributed by atoms with van der Waals surface area (Å²) in [7, 11) is 0. The van der Waals surface area contributed by atoms with Crippen molar-refractivity contribution in [3.63, 3.8) is 0 Å². The fraction of sp³-hybridized carbons (Fsp3) is 0.417. The molecule has 0 saturated carbocycles. The number of H-pyrrole nitrogens is 1. The van der Waals surface area contributed by atoms with Crippen molar-refractivity contribution >= 4 is 12.0 Å². The van der Waals surface area contributed by atoms with Crippen LogP contribution in [0.15, 0.2) is 24.7 Å². The van der Waals surface area contributed by atoms with Gasteiger partial charge in [0.15, 0.2) is 0 Å². The van der Waals surface area contributed by atoms with Crippen LogP contribution in [0.1, 0.15) is 12.6 Å². The van der Waals surface area contributed by atoms with Crippen molar-refractivity contribution in [3.05, 3.63) is 30.4 Å². The molecule has 1 heterocycles. The maximum Gasteiger partial charge on any atom is 0.333 e. The third-order valence-corrected chi connectivity index (χ3v) is 2.20. The topological polar surface area (TPSA) is 96.1 Å². The minimum atomic E-state index is -0.457. The van der Waals surface area contributed by atoms with Crippen molar-refractivity contribution in [1.29, 1.82) is 0 Å². The first-order valence-electron chi connectivity index (χ1n) is 5.91. The number of nitrogens with one attached hydrogen (secondary N) is 3. The van der Waals surface area contributed by atoms with Gasteiger partial charge in [0.2, 0.25) is 0 Å². The zero-order valence-corrected chi connectivity index (χ0v) is 10.9. The van der Waals surface area contributed by atoms with Crippen molar-refractivity contribution in [2.75, 3.05) is 19.7 Å². The summed E-state index contributed by atoms with van der Waals surface area (Å²) in [4.78, 5) is 29.2. The van der Waals surface area contributed by atoms with Gasteiger partial charge >= 0.3 is 12.0 Å². The Labute approximate surface area is 111 Å². The number of urea groups is 1. The number of aromatic nitrogens is 2. The van der Waals surface area contributed by atoms with Gasteiger partial charge in [-0.25, -0.2) is 14.6 Å². The van der Waals surface area contributed by atoms with Crippen molar-refractivity contribution in [2.45, 2.75) is 13.3 Å². The van der Waals surface area contributed by atoms with Crippen LogP contribution in [0.25, 0.3) is 0 Å². The van der Waals surface area contributed by atoms with Gasteiger partial charge < -0.3 is 20.4 Å². The Bertz CT molecular complexity index is 428. The number of rotatable bonds is 7. The van der Waals surface area contributed by atoms with Crippen LogP contribution >= 0.6 is 0 Å². The van der Waals surface area contributed by atoms with Crippen LogP contribution in [0, 0.1) is 0 Å². The van der Waals surface area contributed by atoms with E-state index in [2.05, 4.69) is 27.2 Å². The molecule has 0 unspecified atom stereocenters. The monoisotopic (exact) mass is 266 g/mol. The van der Waals surface area contributed by atoms with Crippen LogP contribution in [0.5, 0.6) is 0 Å². The van der Waals surface area contributed by atoms with E-state index >= 15 is 0 Å². The molecule has 0 fully saturated rings. The number of carbonyl (C=O) groups excluding carboxylic acids is 2. The largest absolute Gasteiger partial charge is 0.460 e. The van der Waals surface area contributed by atoms with Crippen LogP contribution in [-0.2, 0) is 16.0 Å². The minimum Gasteiger partial charge on any atom is -0.460 e. The maximum atomic E-state index is 11.3. The van der Waals surface area contributed by atoms with E-state index in [1.807, 2.05) is 0 Å². The normalized spacial score (nSPS) is 9.74. The van der Waals surface area contributed by atoms with E-state index in [1.54, 1.807) is 19.4 Å². The molecule has 0 aliphatic heterocycles. The van der Waals surface area contributed by atoms with Gasteiger partial charge in [-0.3, -0.25) is 0 Å². The Morgan fingerprint density at radius 2 is 2.16 bits per heavy atom. The summed E-state index contributed by atoms with van der Waals surface area (Å²) in [6.07, 6.45) is 3.97. The Hall–Kier alpha value is -2.31. The molecule has 0 saturated heterocycles. The van der Waals surface area contributed by atoms with Crippen LogP contribution in [0.4, 0.5) is 4.79 Å². The van der Waals surface area contributed by atoms with E-state index in [-0.39, 0.29) is 19.2 Å². The van der Waals surface area contributed by atoms with Gasteiger partial charge in [0.05, 0.1) is 12.9 Å². The summed E-state index contributed by atoms with van der Waals surface area (Å²) >= 11 is 0. The molecule has 1 aromatic rings. The van der Waals surface area contributed by atoms with Gasteiger partial charge in [-0.1, -0.05) is 6.58 Å². The Kier molecular flexibility index (Phi) is 6.14. The van der Waals surface area contributed by atoms with Crippen molar-refractivity contribution in [3.8, 4) is 0 Å². The predicted molar refractivity (Wildman–Crippen MR) is 69.5 cm³/mol. The number of amides is 2. The Balaban J connectivity index is 2.02. The van der Waals surface area contributed by atoms with Gasteiger partial charge in [0, 0.05) is 30.4 Å². The number of nitrogens with zero attached hydrogens (tertiary/aromatic N) is 1. The number of imidazole rings is 1. The fourth-order valence-electron chi connectivity index (χ4n) is 1.23. The molecule has 7 nitrogen and oxygen atoms in total. The lowest BCUT2D eigenvalue weighted by atomic mass is 10.3. The molecule has 0 aliphatic rings. The molecule has 0 aromatic carbocycles. The quantitative estimate of drug-likeness (QED) is 0.377. The Morgan fingerprint density at radius 3 is 2.79 bits per heavy atom. The number of hydrogen-bond donors (Lipinski definition) is 3. The molecular formula is C12H18N4O3.